The summed E-state index contributed by atoms with van der Waals surface area (Å²) in [7, 11) is -9.93. The molecule has 4 unspecified atom stereocenters. The number of hydrogen-bond acceptors (Lipinski definition) is 15. The summed E-state index contributed by atoms with van der Waals surface area (Å²) in [5.41, 5.74) is 0. The van der Waals surface area contributed by atoms with E-state index in [0.29, 0.717) is 31.6 Å². The van der Waals surface area contributed by atoms with Crippen LogP contribution in [-0.2, 0) is 65.4 Å². The van der Waals surface area contributed by atoms with Crippen molar-refractivity contribution in [3.05, 3.63) is 0 Å². The van der Waals surface area contributed by atoms with E-state index in [1.54, 1.807) is 0 Å². The fourth-order valence-corrected chi connectivity index (χ4v) is 14.7. The van der Waals surface area contributed by atoms with Crippen LogP contribution in [0.2, 0.25) is 0 Å². The minimum Gasteiger partial charge on any atom is -0.462 e. The van der Waals surface area contributed by atoms with Crippen LogP contribution in [0, 0.1) is 23.7 Å². The molecule has 618 valence electrons. The highest BCUT2D eigenvalue weighted by Gasteiger charge is 2.30. The maximum Gasteiger partial charge on any atom is 0.472 e. The van der Waals surface area contributed by atoms with Crippen LogP contribution in [0.4, 0.5) is 0 Å². The van der Waals surface area contributed by atoms with Gasteiger partial charge in [-0.1, -0.05) is 389 Å². The molecular formula is C85H166O17P2. The fourth-order valence-electron chi connectivity index (χ4n) is 13.1. The first kappa shape index (κ1) is 102. The van der Waals surface area contributed by atoms with Gasteiger partial charge in [-0.15, -0.1) is 0 Å². The maximum atomic E-state index is 13.1. The minimum absolute atomic E-state index is 0.106. The number of carbonyl (C=O) groups is 4. The van der Waals surface area contributed by atoms with Crippen molar-refractivity contribution < 1.29 is 80.2 Å². The van der Waals surface area contributed by atoms with Crippen LogP contribution in [-0.4, -0.2) is 96.7 Å². The van der Waals surface area contributed by atoms with Crippen LogP contribution in [0.3, 0.4) is 0 Å². The van der Waals surface area contributed by atoms with Crippen molar-refractivity contribution in [3.8, 4) is 0 Å². The van der Waals surface area contributed by atoms with Crippen molar-refractivity contribution in [2.24, 2.45) is 23.7 Å². The Bertz CT molecular complexity index is 2030. The fraction of sp³-hybridized carbons (Fsp3) is 0.953. The van der Waals surface area contributed by atoms with Crippen LogP contribution in [0.25, 0.3) is 0 Å². The number of phosphoric acid groups is 2. The lowest BCUT2D eigenvalue weighted by Gasteiger charge is -2.21. The summed E-state index contributed by atoms with van der Waals surface area (Å²) < 4.78 is 68.8. The molecule has 0 aliphatic heterocycles. The van der Waals surface area contributed by atoms with Crippen molar-refractivity contribution in [3.63, 3.8) is 0 Å². The van der Waals surface area contributed by atoms with Gasteiger partial charge in [0.25, 0.3) is 0 Å². The van der Waals surface area contributed by atoms with E-state index in [9.17, 15) is 43.2 Å². The zero-order valence-electron chi connectivity index (χ0n) is 68.7. The molecule has 0 bridgehead atoms. The minimum atomic E-state index is -4.97. The summed E-state index contributed by atoms with van der Waals surface area (Å²) in [6.45, 7) is 14.3. The summed E-state index contributed by atoms with van der Waals surface area (Å²) >= 11 is 0. The number of rotatable bonds is 82. The van der Waals surface area contributed by atoms with Gasteiger partial charge in [0.2, 0.25) is 0 Å². The summed E-state index contributed by atoms with van der Waals surface area (Å²) in [4.78, 5) is 73.2. The number of esters is 4. The van der Waals surface area contributed by atoms with Gasteiger partial charge in [0.1, 0.15) is 19.3 Å². The van der Waals surface area contributed by atoms with Gasteiger partial charge in [-0.2, -0.15) is 0 Å². The Hall–Kier alpha value is -1.94. The molecule has 17 nitrogen and oxygen atoms in total. The Morgan fingerprint density at radius 2 is 0.462 bits per heavy atom. The average Bonchev–Trinajstić information content (AvgIpc) is 0.904. The highest BCUT2D eigenvalue weighted by Crippen LogP contribution is 2.45. The van der Waals surface area contributed by atoms with E-state index in [4.69, 9.17) is 37.0 Å². The van der Waals surface area contributed by atoms with E-state index in [0.717, 1.165) is 114 Å². The van der Waals surface area contributed by atoms with Crippen molar-refractivity contribution in [1.82, 2.24) is 0 Å². The second kappa shape index (κ2) is 73.8. The number of aliphatic hydroxyl groups excluding tert-OH is 1. The molecule has 0 rings (SSSR count). The summed E-state index contributed by atoms with van der Waals surface area (Å²) in [5.74, 6) is 1.04. The topological polar surface area (TPSA) is 237 Å². The van der Waals surface area contributed by atoms with Gasteiger partial charge in [0.05, 0.1) is 26.4 Å². The predicted octanol–water partition coefficient (Wildman–Crippen LogP) is 25.6. The molecule has 0 aromatic rings. The first-order chi connectivity index (χ1) is 50.1. The molecule has 0 aromatic carbocycles. The van der Waals surface area contributed by atoms with Crippen molar-refractivity contribution in [1.29, 1.82) is 0 Å². The standard InChI is InChI=1S/C85H166O17P2/c1-9-78(8)64-56-48-40-32-26-20-14-12-10-11-13-15-21-28-34-42-51-59-67-84(89)101-80(71-95-82(87)65-57-49-41-33-27-22-16-18-24-30-37-45-53-61-75(2)3)73-99-103(91,92)97-69-79(86)70-98-104(93,94)100-74-81(72-96-83(88)66-58-50-44-36-39-47-55-63-77(6)7)102-85(90)68-60-52-43-35-29-23-17-19-25-31-38-46-54-62-76(4)5/h75-81,86H,9-74H2,1-8H3,(H,91,92)(H,93,94)/t78?,79?,80-,81-/m1/s1. The van der Waals surface area contributed by atoms with E-state index in [1.165, 1.54) is 238 Å². The Morgan fingerprint density at radius 1 is 0.269 bits per heavy atom. The molecule has 0 fully saturated rings. The molecule has 0 saturated carbocycles. The van der Waals surface area contributed by atoms with Crippen molar-refractivity contribution in [2.45, 2.75) is 459 Å². The van der Waals surface area contributed by atoms with E-state index in [2.05, 4.69) is 55.4 Å². The maximum absolute atomic E-state index is 13.1. The van der Waals surface area contributed by atoms with Gasteiger partial charge < -0.3 is 33.8 Å². The zero-order valence-corrected chi connectivity index (χ0v) is 70.5. The van der Waals surface area contributed by atoms with Crippen LogP contribution in [0.15, 0.2) is 0 Å². The molecule has 0 aromatic heterocycles. The van der Waals surface area contributed by atoms with Crippen LogP contribution in [0.5, 0.6) is 0 Å². The van der Waals surface area contributed by atoms with Gasteiger partial charge >= 0.3 is 39.5 Å². The third-order valence-electron chi connectivity index (χ3n) is 20.2. The van der Waals surface area contributed by atoms with Crippen LogP contribution < -0.4 is 0 Å². The molecule has 0 aliphatic carbocycles. The molecular weight excluding hydrogens is 1350 g/mol. The number of phosphoric ester groups is 2. The first-order valence-electron chi connectivity index (χ1n) is 43.7. The molecule has 0 aliphatic rings. The predicted molar refractivity (Wildman–Crippen MR) is 428 cm³/mol. The van der Waals surface area contributed by atoms with Crippen LogP contribution in [0.1, 0.15) is 441 Å². The van der Waals surface area contributed by atoms with Crippen molar-refractivity contribution in [2.75, 3.05) is 39.6 Å². The highest BCUT2D eigenvalue weighted by molar-refractivity contribution is 7.47. The number of hydrogen-bond donors (Lipinski definition) is 3. The third-order valence-corrected chi connectivity index (χ3v) is 22.1. The molecule has 6 atom stereocenters. The van der Waals surface area contributed by atoms with Crippen molar-refractivity contribution >= 4 is 39.5 Å². The molecule has 104 heavy (non-hydrogen) atoms. The van der Waals surface area contributed by atoms with Gasteiger partial charge in [-0.05, 0) is 49.4 Å². The summed E-state index contributed by atoms with van der Waals surface area (Å²) in [6, 6.07) is 0. The molecule has 0 spiro atoms. The number of unbranched alkanes of at least 4 members (excludes halogenated alkanes) is 47. The largest absolute Gasteiger partial charge is 0.472 e. The second-order valence-electron chi connectivity index (χ2n) is 32.2. The molecule has 19 heteroatoms. The Kier molecular flexibility index (Phi) is 72.5. The average molecular weight is 1520 g/mol. The highest BCUT2D eigenvalue weighted by atomic mass is 31.2. The van der Waals surface area contributed by atoms with E-state index in [1.807, 2.05) is 0 Å². The summed E-state index contributed by atoms with van der Waals surface area (Å²) in [5, 5.41) is 10.7. The SMILES string of the molecule is CCC(C)CCCCCCCCCCCCCCCCCCCCC(=O)O[C@H](COC(=O)CCCCCCCCCCCCCCCC(C)C)COP(=O)(O)OCC(O)COP(=O)(O)OC[C@@H](COC(=O)CCCCCCCCCC(C)C)OC(=O)CCCCCCCCCCCCCCCC(C)C. The summed E-state index contributed by atoms with van der Waals surface area (Å²) in [6.07, 6.45) is 62.5. The third kappa shape index (κ3) is 76.8. The molecule has 0 amide bonds. The lowest BCUT2D eigenvalue weighted by Crippen LogP contribution is -2.30. The lowest BCUT2D eigenvalue weighted by atomic mass is 9.99. The Morgan fingerprint density at radius 3 is 0.683 bits per heavy atom. The number of aliphatic hydroxyl groups is 1. The van der Waals surface area contributed by atoms with Gasteiger partial charge in [-0.25, -0.2) is 9.13 Å². The Balaban J connectivity index is 5.23. The van der Waals surface area contributed by atoms with E-state index >= 15 is 0 Å². The van der Waals surface area contributed by atoms with Gasteiger partial charge in [0.15, 0.2) is 12.2 Å². The zero-order chi connectivity index (χ0) is 76.7. The first-order valence-corrected chi connectivity index (χ1v) is 46.7. The normalized spacial score (nSPS) is 14.2. The quantitative estimate of drug-likeness (QED) is 0.0222. The Labute approximate surface area is 638 Å². The molecule has 0 saturated heterocycles. The molecule has 0 radical (unpaired) electrons. The monoisotopic (exact) mass is 1520 g/mol. The van der Waals surface area contributed by atoms with Crippen LogP contribution >= 0.6 is 15.6 Å². The van der Waals surface area contributed by atoms with Gasteiger partial charge in [-0.3, -0.25) is 37.3 Å². The number of carbonyl (C=O) groups excluding carboxylic acids is 4. The number of ether oxygens (including phenoxy) is 4. The van der Waals surface area contributed by atoms with E-state index < -0.39 is 97.5 Å². The smallest absolute Gasteiger partial charge is 0.462 e. The second-order valence-corrected chi connectivity index (χ2v) is 35.2. The molecule has 3 N–H and O–H groups in total. The van der Waals surface area contributed by atoms with Gasteiger partial charge in [0, 0.05) is 25.7 Å². The lowest BCUT2D eigenvalue weighted by molar-refractivity contribution is -0.161. The van der Waals surface area contributed by atoms with E-state index in [-0.39, 0.29) is 25.7 Å². The molecule has 0 heterocycles.